The zero-order chi connectivity index (χ0) is 19.5. The minimum Gasteiger partial charge on any atom is -0.508 e. The second kappa shape index (κ2) is 7.36. The maximum Gasteiger partial charge on any atom is 0.272 e. The summed E-state index contributed by atoms with van der Waals surface area (Å²) in [5.41, 5.74) is 5.76. The molecule has 1 amide bonds. The van der Waals surface area contributed by atoms with Crippen LogP contribution < -0.4 is 5.43 Å². The fourth-order valence-electron chi connectivity index (χ4n) is 2.88. The van der Waals surface area contributed by atoms with Gasteiger partial charge in [-0.05, 0) is 61.0 Å². The lowest BCUT2D eigenvalue weighted by molar-refractivity contribution is 0.0956. The van der Waals surface area contributed by atoms with Gasteiger partial charge in [-0.15, -0.1) is 0 Å². The number of hydrazone groups is 1. The Balaban J connectivity index is 1.68. The van der Waals surface area contributed by atoms with E-state index in [1.807, 2.05) is 24.3 Å². The molecule has 0 unspecified atom stereocenters. The Morgan fingerprint density at radius 1 is 1.07 bits per heavy atom. The Bertz CT molecular complexity index is 1160. The van der Waals surface area contributed by atoms with Crippen LogP contribution in [0.25, 0.3) is 22.4 Å². The van der Waals surface area contributed by atoms with Gasteiger partial charge < -0.3 is 9.52 Å². The fourth-order valence-corrected chi connectivity index (χ4v) is 2.88. The van der Waals surface area contributed by atoms with Gasteiger partial charge in [-0.1, -0.05) is 18.2 Å². The number of rotatable bonds is 4. The number of hydrogen-bond donors (Lipinski definition) is 2. The van der Waals surface area contributed by atoms with Crippen LogP contribution in [0.1, 0.15) is 22.8 Å². The van der Waals surface area contributed by atoms with Crippen molar-refractivity contribution in [3.63, 3.8) is 0 Å². The molecule has 4 aromatic rings. The first-order chi connectivity index (χ1) is 13.6. The number of para-hydroxylation sites is 1. The molecule has 2 N–H and O–H groups in total. The number of nitrogens with one attached hydrogen (secondary N) is 1. The standard InChI is InChI=1S/C22H17N3O3/c1-14(15-8-10-16(26)11-9-15)24-25-22(27)18-13-20(21-7-4-12-28-21)23-19-6-3-2-5-17(18)19/h2-13,26H,1H3,(H,25,27)/b24-14+. The number of aromatic nitrogens is 1. The monoisotopic (exact) mass is 371 g/mol. The molecule has 0 atom stereocenters. The molecule has 6 nitrogen and oxygen atoms in total. The van der Waals surface area contributed by atoms with E-state index in [-0.39, 0.29) is 11.7 Å². The van der Waals surface area contributed by atoms with Gasteiger partial charge in [0.25, 0.3) is 5.91 Å². The van der Waals surface area contributed by atoms with E-state index in [0.29, 0.717) is 28.2 Å². The number of aromatic hydroxyl groups is 1. The number of carbonyl (C=O) groups is 1. The van der Waals surface area contributed by atoms with Crippen molar-refractivity contribution in [2.75, 3.05) is 0 Å². The lowest BCUT2D eigenvalue weighted by Crippen LogP contribution is -2.20. The minimum absolute atomic E-state index is 0.175. The molecular formula is C22H17N3O3. The molecule has 2 aromatic carbocycles. The van der Waals surface area contributed by atoms with Gasteiger partial charge in [-0.2, -0.15) is 5.10 Å². The number of carbonyl (C=O) groups excluding carboxylic acids is 1. The summed E-state index contributed by atoms with van der Waals surface area (Å²) in [6.07, 6.45) is 1.57. The highest BCUT2D eigenvalue weighted by atomic mass is 16.3. The Labute approximate surface area is 161 Å². The fraction of sp³-hybridized carbons (Fsp3) is 0.0455. The summed E-state index contributed by atoms with van der Waals surface area (Å²) >= 11 is 0. The Morgan fingerprint density at radius 3 is 2.61 bits per heavy atom. The van der Waals surface area contributed by atoms with Crippen LogP contribution in [0.15, 0.2) is 82.5 Å². The van der Waals surface area contributed by atoms with Gasteiger partial charge in [0, 0.05) is 5.39 Å². The van der Waals surface area contributed by atoms with Crippen molar-refractivity contribution < 1.29 is 14.3 Å². The van der Waals surface area contributed by atoms with Gasteiger partial charge in [0.1, 0.15) is 11.4 Å². The van der Waals surface area contributed by atoms with Gasteiger partial charge in [0.2, 0.25) is 0 Å². The van der Waals surface area contributed by atoms with Crippen LogP contribution in [0.2, 0.25) is 0 Å². The van der Waals surface area contributed by atoms with Crippen LogP contribution in [0.3, 0.4) is 0 Å². The average Bonchev–Trinajstić information content (AvgIpc) is 3.26. The molecule has 2 aromatic heterocycles. The molecule has 0 aliphatic carbocycles. The predicted molar refractivity (Wildman–Crippen MR) is 107 cm³/mol. The van der Waals surface area contributed by atoms with Crippen LogP contribution in [-0.2, 0) is 0 Å². The molecule has 0 aliphatic rings. The first-order valence-electron chi connectivity index (χ1n) is 8.69. The van der Waals surface area contributed by atoms with Crippen LogP contribution in [0.4, 0.5) is 0 Å². The van der Waals surface area contributed by atoms with E-state index in [4.69, 9.17) is 4.42 Å². The summed E-state index contributed by atoms with van der Waals surface area (Å²) in [4.78, 5) is 17.4. The first kappa shape index (κ1) is 17.5. The number of hydrogen-bond acceptors (Lipinski definition) is 5. The molecule has 0 fully saturated rings. The summed E-state index contributed by atoms with van der Waals surface area (Å²) in [6.45, 7) is 1.78. The van der Waals surface area contributed by atoms with Crippen molar-refractivity contribution >= 4 is 22.5 Å². The number of pyridine rings is 1. The van der Waals surface area contributed by atoms with Crippen LogP contribution >= 0.6 is 0 Å². The molecule has 0 bridgehead atoms. The molecule has 138 valence electrons. The third-order valence-corrected chi connectivity index (χ3v) is 4.34. The van der Waals surface area contributed by atoms with Crippen LogP contribution in [0.5, 0.6) is 5.75 Å². The smallest absolute Gasteiger partial charge is 0.272 e. The lowest BCUT2D eigenvalue weighted by atomic mass is 10.1. The van der Waals surface area contributed by atoms with Crippen molar-refractivity contribution in [1.82, 2.24) is 10.4 Å². The van der Waals surface area contributed by atoms with Crippen molar-refractivity contribution in [3.05, 3.63) is 84.1 Å². The summed E-state index contributed by atoms with van der Waals surface area (Å²) in [5.74, 6) is 0.419. The van der Waals surface area contributed by atoms with E-state index in [2.05, 4.69) is 15.5 Å². The van der Waals surface area contributed by atoms with Gasteiger partial charge >= 0.3 is 0 Å². The Morgan fingerprint density at radius 2 is 1.86 bits per heavy atom. The van der Waals surface area contributed by atoms with Crippen LogP contribution in [0, 0.1) is 0 Å². The van der Waals surface area contributed by atoms with Crippen molar-refractivity contribution in [1.29, 1.82) is 0 Å². The van der Waals surface area contributed by atoms with Crippen molar-refractivity contribution in [2.24, 2.45) is 5.10 Å². The number of nitrogens with zero attached hydrogens (tertiary/aromatic N) is 2. The summed E-state index contributed by atoms with van der Waals surface area (Å²) < 4.78 is 5.43. The minimum atomic E-state index is -0.343. The number of benzene rings is 2. The predicted octanol–water partition coefficient (Wildman–Crippen LogP) is 4.35. The van der Waals surface area contributed by atoms with Crippen molar-refractivity contribution in [3.8, 4) is 17.2 Å². The number of phenolic OH excluding ortho intramolecular Hbond substituents is 1. The van der Waals surface area contributed by atoms with E-state index >= 15 is 0 Å². The number of amides is 1. The largest absolute Gasteiger partial charge is 0.508 e. The normalized spacial score (nSPS) is 11.5. The highest BCUT2D eigenvalue weighted by molar-refractivity contribution is 6.08. The second-order valence-electron chi connectivity index (χ2n) is 6.23. The van der Waals surface area contributed by atoms with Gasteiger partial charge in [0.05, 0.1) is 23.1 Å². The maximum absolute atomic E-state index is 12.9. The van der Waals surface area contributed by atoms with E-state index in [1.54, 1.807) is 55.7 Å². The number of fused-ring (bicyclic) bond motifs is 1. The second-order valence-corrected chi connectivity index (χ2v) is 6.23. The van der Waals surface area contributed by atoms with Crippen molar-refractivity contribution in [2.45, 2.75) is 6.92 Å². The molecule has 0 saturated heterocycles. The van der Waals surface area contributed by atoms with Gasteiger partial charge in [-0.25, -0.2) is 10.4 Å². The van der Waals surface area contributed by atoms with Gasteiger partial charge in [0.15, 0.2) is 5.76 Å². The topological polar surface area (TPSA) is 87.7 Å². The van der Waals surface area contributed by atoms with E-state index < -0.39 is 0 Å². The molecule has 0 saturated carbocycles. The zero-order valence-corrected chi connectivity index (χ0v) is 15.1. The number of furan rings is 1. The first-order valence-corrected chi connectivity index (χ1v) is 8.69. The molecule has 2 heterocycles. The maximum atomic E-state index is 12.9. The molecule has 0 spiro atoms. The average molecular weight is 371 g/mol. The van der Waals surface area contributed by atoms with E-state index in [9.17, 15) is 9.90 Å². The SMILES string of the molecule is C/C(=N\NC(=O)c1cc(-c2ccco2)nc2ccccc12)c1ccc(O)cc1. The number of phenols is 1. The molecule has 6 heteroatoms. The quantitative estimate of drug-likeness (QED) is 0.412. The molecule has 0 aliphatic heterocycles. The molecule has 0 radical (unpaired) electrons. The van der Waals surface area contributed by atoms with E-state index in [0.717, 1.165) is 10.9 Å². The molecule has 4 rings (SSSR count). The summed E-state index contributed by atoms with van der Waals surface area (Å²) in [6, 6.07) is 19.3. The Kier molecular flexibility index (Phi) is 4.60. The Hall–Kier alpha value is -3.93. The summed E-state index contributed by atoms with van der Waals surface area (Å²) in [7, 11) is 0. The third kappa shape index (κ3) is 3.48. The lowest BCUT2D eigenvalue weighted by Gasteiger charge is -2.08. The molecule has 28 heavy (non-hydrogen) atoms. The highest BCUT2D eigenvalue weighted by Gasteiger charge is 2.15. The van der Waals surface area contributed by atoms with E-state index in [1.165, 1.54) is 0 Å². The zero-order valence-electron chi connectivity index (χ0n) is 15.1. The third-order valence-electron chi connectivity index (χ3n) is 4.34. The van der Waals surface area contributed by atoms with Gasteiger partial charge in [-0.3, -0.25) is 4.79 Å². The van der Waals surface area contributed by atoms with Crippen LogP contribution in [-0.4, -0.2) is 21.7 Å². The molecular weight excluding hydrogens is 354 g/mol. The highest BCUT2D eigenvalue weighted by Crippen LogP contribution is 2.25. The summed E-state index contributed by atoms with van der Waals surface area (Å²) in [5, 5.41) is 14.3.